The van der Waals surface area contributed by atoms with Gasteiger partial charge in [-0.2, -0.15) is 0 Å². The van der Waals surface area contributed by atoms with E-state index in [4.69, 9.17) is 15.9 Å². The van der Waals surface area contributed by atoms with E-state index < -0.39 is 0 Å². The summed E-state index contributed by atoms with van der Waals surface area (Å²) >= 11 is 3.55. The lowest BCUT2D eigenvalue weighted by Crippen LogP contribution is -2.18. The van der Waals surface area contributed by atoms with Crippen LogP contribution in [-0.2, 0) is 6.54 Å². The molecular formula is C20H22BrNO2. The standard InChI is InChI=1S/C20H22BrNO2/c1-4-11-24-20-18(21)12-16(13-19(20)23-5-2)14-22-15(3)17-9-7-6-8-10-17/h1,6-10,12-13,15,22H,5,11,14H2,2-3H3/t15-/m0/s1. The second-order valence-electron chi connectivity index (χ2n) is 5.34. The number of terminal acetylenes is 1. The summed E-state index contributed by atoms with van der Waals surface area (Å²) in [5, 5.41) is 3.52. The maximum Gasteiger partial charge on any atom is 0.176 e. The number of ether oxygens (including phenoxy) is 2. The van der Waals surface area contributed by atoms with Gasteiger partial charge in [-0.1, -0.05) is 36.3 Å². The van der Waals surface area contributed by atoms with Crippen molar-refractivity contribution < 1.29 is 9.47 Å². The highest BCUT2D eigenvalue weighted by Gasteiger charge is 2.13. The van der Waals surface area contributed by atoms with E-state index in [-0.39, 0.29) is 12.6 Å². The minimum absolute atomic E-state index is 0.210. The van der Waals surface area contributed by atoms with E-state index in [0.29, 0.717) is 18.1 Å². The monoisotopic (exact) mass is 387 g/mol. The van der Waals surface area contributed by atoms with Crippen LogP contribution in [0.2, 0.25) is 0 Å². The van der Waals surface area contributed by atoms with Crippen molar-refractivity contribution in [2.45, 2.75) is 26.4 Å². The van der Waals surface area contributed by atoms with Gasteiger partial charge in [0.2, 0.25) is 0 Å². The summed E-state index contributed by atoms with van der Waals surface area (Å²) in [5.74, 6) is 3.82. The van der Waals surface area contributed by atoms with E-state index in [0.717, 1.165) is 16.6 Å². The lowest BCUT2D eigenvalue weighted by Gasteiger charge is -2.17. The van der Waals surface area contributed by atoms with Crippen molar-refractivity contribution in [2.24, 2.45) is 0 Å². The fraction of sp³-hybridized carbons (Fsp3) is 0.300. The smallest absolute Gasteiger partial charge is 0.176 e. The van der Waals surface area contributed by atoms with Gasteiger partial charge in [-0.25, -0.2) is 0 Å². The third kappa shape index (κ3) is 5.02. The Morgan fingerprint density at radius 2 is 1.96 bits per heavy atom. The molecule has 2 rings (SSSR count). The molecule has 0 aliphatic carbocycles. The molecule has 1 N–H and O–H groups in total. The van der Waals surface area contributed by atoms with Gasteiger partial charge >= 0.3 is 0 Å². The number of hydrogen-bond acceptors (Lipinski definition) is 3. The Morgan fingerprint density at radius 3 is 2.62 bits per heavy atom. The highest BCUT2D eigenvalue weighted by Crippen LogP contribution is 2.37. The zero-order valence-electron chi connectivity index (χ0n) is 14.0. The third-order valence-electron chi connectivity index (χ3n) is 3.58. The summed E-state index contributed by atoms with van der Waals surface area (Å²) in [6, 6.07) is 14.6. The van der Waals surface area contributed by atoms with Crippen LogP contribution in [0, 0.1) is 12.3 Å². The van der Waals surface area contributed by atoms with Crippen LogP contribution in [0.25, 0.3) is 0 Å². The predicted octanol–water partition coefficient (Wildman–Crippen LogP) is 4.71. The Morgan fingerprint density at radius 1 is 1.21 bits per heavy atom. The van der Waals surface area contributed by atoms with Gasteiger partial charge in [-0.3, -0.25) is 0 Å². The molecule has 0 aliphatic rings. The molecule has 2 aromatic rings. The van der Waals surface area contributed by atoms with E-state index in [1.54, 1.807) is 0 Å². The molecular weight excluding hydrogens is 366 g/mol. The van der Waals surface area contributed by atoms with Gasteiger partial charge in [0.05, 0.1) is 11.1 Å². The lowest BCUT2D eigenvalue weighted by molar-refractivity contribution is 0.297. The van der Waals surface area contributed by atoms with Crippen LogP contribution < -0.4 is 14.8 Å². The second kappa shape index (κ2) is 9.36. The van der Waals surface area contributed by atoms with Crippen molar-refractivity contribution in [1.29, 1.82) is 0 Å². The fourth-order valence-electron chi connectivity index (χ4n) is 2.37. The molecule has 4 heteroatoms. The summed E-state index contributed by atoms with van der Waals surface area (Å²) in [6.07, 6.45) is 5.28. The minimum atomic E-state index is 0.210. The fourth-order valence-corrected chi connectivity index (χ4v) is 2.97. The van der Waals surface area contributed by atoms with Gasteiger partial charge in [-0.05, 0) is 53.0 Å². The quantitative estimate of drug-likeness (QED) is 0.665. The van der Waals surface area contributed by atoms with Gasteiger partial charge in [0.25, 0.3) is 0 Å². The number of halogens is 1. The molecule has 1 atom stereocenters. The minimum Gasteiger partial charge on any atom is -0.490 e. The molecule has 2 aromatic carbocycles. The molecule has 0 saturated heterocycles. The van der Waals surface area contributed by atoms with E-state index in [2.05, 4.69) is 58.4 Å². The molecule has 0 radical (unpaired) electrons. The lowest BCUT2D eigenvalue weighted by atomic mass is 10.1. The second-order valence-corrected chi connectivity index (χ2v) is 6.20. The topological polar surface area (TPSA) is 30.5 Å². The Kier molecular flexibility index (Phi) is 7.17. The average Bonchev–Trinajstić information content (AvgIpc) is 2.60. The van der Waals surface area contributed by atoms with Gasteiger partial charge in [0.15, 0.2) is 11.5 Å². The van der Waals surface area contributed by atoms with Crippen LogP contribution in [0.3, 0.4) is 0 Å². The normalized spacial score (nSPS) is 11.6. The summed E-state index contributed by atoms with van der Waals surface area (Å²) in [5.41, 5.74) is 2.37. The van der Waals surface area contributed by atoms with Crippen molar-refractivity contribution in [1.82, 2.24) is 5.32 Å². The highest BCUT2D eigenvalue weighted by molar-refractivity contribution is 9.10. The van der Waals surface area contributed by atoms with Crippen LogP contribution in [0.4, 0.5) is 0 Å². The summed E-state index contributed by atoms with van der Waals surface area (Å²) in [6.45, 7) is 5.60. The predicted molar refractivity (Wildman–Crippen MR) is 101 cm³/mol. The maximum absolute atomic E-state index is 5.70. The molecule has 0 aliphatic heterocycles. The zero-order valence-corrected chi connectivity index (χ0v) is 15.6. The van der Waals surface area contributed by atoms with Crippen molar-refractivity contribution >= 4 is 15.9 Å². The van der Waals surface area contributed by atoms with E-state index >= 15 is 0 Å². The zero-order chi connectivity index (χ0) is 17.4. The van der Waals surface area contributed by atoms with E-state index in [1.165, 1.54) is 5.56 Å². The number of hydrogen-bond donors (Lipinski definition) is 1. The first kappa shape index (κ1) is 18.4. The van der Waals surface area contributed by atoms with Gasteiger partial charge in [-0.15, -0.1) is 6.42 Å². The van der Waals surface area contributed by atoms with Crippen LogP contribution in [0.15, 0.2) is 46.9 Å². The Labute approximate surface area is 152 Å². The SMILES string of the molecule is C#CCOc1c(Br)cc(CN[C@@H](C)c2ccccc2)cc1OCC. The van der Waals surface area contributed by atoms with Crippen LogP contribution >= 0.6 is 15.9 Å². The first-order chi connectivity index (χ1) is 11.7. The van der Waals surface area contributed by atoms with Crippen molar-refractivity contribution in [3.63, 3.8) is 0 Å². The van der Waals surface area contributed by atoms with Crippen molar-refractivity contribution in [3.8, 4) is 23.8 Å². The number of rotatable bonds is 8. The maximum atomic E-state index is 5.70. The van der Waals surface area contributed by atoms with Gasteiger partial charge in [0, 0.05) is 12.6 Å². The molecule has 0 spiro atoms. The Bertz CT molecular complexity index is 695. The molecule has 24 heavy (non-hydrogen) atoms. The van der Waals surface area contributed by atoms with E-state index in [9.17, 15) is 0 Å². The van der Waals surface area contributed by atoms with Gasteiger partial charge < -0.3 is 14.8 Å². The molecule has 0 heterocycles. The van der Waals surface area contributed by atoms with Gasteiger partial charge in [0.1, 0.15) is 6.61 Å². The summed E-state index contributed by atoms with van der Waals surface area (Å²) in [7, 11) is 0. The Hall–Kier alpha value is -1.96. The van der Waals surface area contributed by atoms with Crippen LogP contribution in [0.1, 0.15) is 31.0 Å². The van der Waals surface area contributed by atoms with E-state index in [1.807, 2.05) is 25.1 Å². The molecule has 0 unspecified atom stereocenters. The summed E-state index contributed by atoms with van der Waals surface area (Å²) in [4.78, 5) is 0. The summed E-state index contributed by atoms with van der Waals surface area (Å²) < 4.78 is 12.1. The molecule has 0 bridgehead atoms. The number of nitrogens with one attached hydrogen (secondary N) is 1. The molecule has 3 nitrogen and oxygen atoms in total. The first-order valence-electron chi connectivity index (χ1n) is 7.95. The third-order valence-corrected chi connectivity index (χ3v) is 4.17. The molecule has 0 aromatic heterocycles. The number of benzene rings is 2. The molecule has 126 valence electrons. The largest absolute Gasteiger partial charge is 0.490 e. The molecule has 0 amide bonds. The average molecular weight is 388 g/mol. The molecule has 0 saturated carbocycles. The highest BCUT2D eigenvalue weighted by atomic mass is 79.9. The van der Waals surface area contributed by atoms with Crippen LogP contribution in [0.5, 0.6) is 11.5 Å². The van der Waals surface area contributed by atoms with Crippen molar-refractivity contribution in [2.75, 3.05) is 13.2 Å². The van der Waals surface area contributed by atoms with Crippen LogP contribution in [-0.4, -0.2) is 13.2 Å². The Balaban J connectivity index is 2.11. The first-order valence-corrected chi connectivity index (χ1v) is 8.74. The molecule has 0 fully saturated rings. The van der Waals surface area contributed by atoms with Crippen molar-refractivity contribution in [3.05, 3.63) is 58.1 Å².